The van der Waals surface area contributed by atoms with Crippen LogP contribution < -0.4 is 0 Å². The molecule has 2 aromatic carbocycles. The lowest BCUT2D eigenvalue weighted by atomic mass is 9.88. The fourth-order valence-electron chi connectivity index (χ4n) is 3.29. The summed E-state index contributed by atoms with van der Waals surface area (Å²) in [5.41, 5.74) is 5.05. The van der Waals surface area contributed by atoms with E-state index in [0.717, 1.165) is 36.8 Å². The maximum absolute atomic E-state index is 12.6. The molecule has 0 aliphatic heterocycles. The van der Waals surface area contributed by atoms with Crippen LogP contribution in [0, 0.1) is 0 Å². The van der Waals surface area contributed by atoms with Crippen molar-refractivity contribution in [1.82, 2.24) is 0 Å². The van der Waals surface area contributed by atoms with Crippen LogP contribution in [0.4, 0.5) is 0 Å². The van der Waals surface area contributed by atoms with Gasteiger partial charge in [-0.25, -0.2) is 0 Å². The average molecular weight is 344 g/mol. The minimum absolute atomic E-state index is 0.111. The number of ketones is 2. The highest BCUT2D eigenvalue weighted by molar-refractivity contribution is 6.43. The number of hydrogen-bond acceptors (Lipinski definition) is 2. The zero-order valence-electron chi connectivity index (χ0n) is 15.4. The lowest BCUT2D eigenvalue weighted by molar-refractivity contribution is -0.112. The van der Waals surface area contributed by atoms with Gasteiger partial charge in [0.15, 0.2) is 11.6 Å². The third kappa shape index (κ3) is 3.91. The molecule has 26 heavy (non-hydrogen) atoms. The number of allylic oxidation sites excluding steroid dienone is 4. The van der Waals surface area contributed by atoms with Gasteiger partial charge in [-0.1, -0.05) is 75.2 Å². The standard InChI is InChI=1S/C24H24O2/c1-3-5-17-7-11-19(12-8-17)21-15-24(26)22(16-23(21)25)20-13-9-18(6-4-2)10-14-20/h7-16H,3-6H2,1-2H3. The predicted molar refractivity (Wildman–Crippen MR) is 107 cm³/mol. The van der Waals surface area contributed by atoms with Gasteiger partial charge >= 0.3 is 0 Å². The smallest absolute Gasteiger partial charge is 0.187 e. The van der Waals surface area contributed by atoms with E-state index in [2.05, 4.69) is 13.8 Å². The Bertz CT molecular complexity index is 790. The highest BCUT2D eigenvalue weighted by Gasteiger charge is 2.22. The van der Waals surface area contributed by atoms with Crippen molar-refractivity contribution in [2.75, 3.05) is 0 Å². The Balaban J connectivity index is 1.83. The zero-order valence-corrected chi connectivity index (χ0v) is 15.4. The Kier molecular flexibility index (Phi) is 5.62. The van der Waals surface area contributed by atoms with Crippen LogP contribution in [0.3, 0.4) is 0 Å². The van der Waals surface area contributed by atoms with E-state index < -0.39 is 0 Å². The van der Waals surface area contributed by atoms with E-state index in [4.69, 9.17) is 0 Å². The second-order valence-corrected chi connectivity index (χ2v) is 6.74. The Morgan fingerprint density at radius 1 is 0.577 bits per heavy atom. The molecule has 3 rings (SSSR count). The van der Waals surface area contributed by atoms with E-state index in [1.54, 1.807) is 0 Å². The van der Waals surface area contributed by atoms with Crippen molar-refractivity contribution in [3.8, 4) is 0 Å². The summed E-state index contributed by atoms with van der Waals surface area (Å²) in [6.07, 6.45) is 7.17. The molecule has 0 N–H and O–H groups in total. The molecule has 0 aromatic heterocycles. The van der Waals surface area contributed by atoms with Gasteiger partial charge in [0.1, 0.15) is 0 Å². The van der Waals surface area contributed by atoms with Crippen LogP contribution >= 0.6 is 0 Å². The molecule has 132 valence electrons. The Hall–Kier alpha value is -2.74. The van der Waals surface area contributed by atoms with Crippen LogP contribution in [-0.2, 0) is 22.4 Å². The van der Waals surface area contributed by atoms with Crippen LogP contribution in [0.15, 0.2) is 60.7 Å². The van der Waals surface area contributed by atoms with Crippen LogP contribution in [0.2, 0.25) is 0 Å². The normalized spacial score (nSPS) is 14.2. The maximum atomic E-state index is 12.6. The van der Waals surface area contributed by atoms with E-state index >= 15 is 0 Å². The highest BCUT2D eigenvalue weighted by Crippen LogP contribution is 2.27. The van der Waals surface area contributed by atoms with E-state index in [1.807, 2.05) is 48.5 Å². The molecule has 0 saturated carbocycles. The van der Waals surface area contributed by atoms with Crippen molar-refractivity contribution < 1.29 is 9.59 Å². The molecule has 2 heteroatoms. The molecule has 0 atom stereocenters. The predicted octanol–water partition coefficient (Wildman–Crippen LogP) is 5.21. The van der Waals surface area contributed by atoms with Gasteiger partial charge in [0.05, 0.1) is 0 Å². The number of carbonyl (C=O) groups excluding carboxylic acids is 2. The molecule has 0 amide bonds. The van der Waals surface area contributed by atoms with Crippen molar-refractivity contribution in [3.05, 3.63) is 82.9 Å². The van der Waals surface area contributed by atoms with E-state index in [1.165, 1.54) is 23.3 Å². The molecule has 0 heterocycles. The SMILES string of the molecule is CCCc1ccc(C2=CC(=O)C(c3ccc(CCC)cc3)=CC2=O)cc1. The summed E-state index contributed by atoms with van der Waals surface area (Å²) in [6, 6.07) is 15.8. The Morgan fingerprint density at radius 3 is 1.23 bits per heavy atom. The first kappa shape index (κ1) is 18.1. The lowest BCUT2D eigenvalue weighted by Gasteiger charge is -2.13. The highest BCUT2D eigenvalue weighted by atomic mass is 16.1. The molecule has 2 aromatic rings. The molecule has 1 aliphatic carbocycles. The number of carbonyl (C=O) groups is 2. The maximum Gasteiger partial charge on any atom is 0.187 e. The lowest BCUT2D eigenvalue weighted by Crippen LogP contribution is -2.12. The summed E-state index contributed by atoms with van der Waals surface area (Å²) in [7, 11) is 0. The number of rotatable bonds is 6. The third-order valence-corrected chi connectivity index (χ3v) is 4.69. The van der Waals surface area contributed by atoms with E-state index in [0.29, 0.717) is 11.1 Å². The van der Waals surface area contributed by atoms with Crippen LogP contribution in [0.5, 0.6) is 0 Å². The molecular formula is C24H24O2. The number of hydrogen-bond donors (Lipinski definition) is 0. The van der Waals surface area contributed by atoms with Gasteiger partial charge in [-0.3, -0.25) is 9.59 Å². The summed E-state index contributed by atoms with van der Waals surface area (Å²) < 4.78 is 0. The summed E-state index contributed by atoms with van der Waals surface area (Å²) >= 11 is 0. The monoisotopic (exact) mass is 344 g/mol. The van der Waals surface area contributed by atoms with E-state index in [-0.39, 0.29) is 11.6 Å². The van der Waals surface area contributed by atoms with Crippen molar-refractivity contribution >= 4 is 22.7 Å². The fourth-order valence-corrected chi connectivity index (χ4v) is 3.29. The summed E-state index contributed by atoms with van der Waals surface area (Å²) in [4.78, 5) is 25.2. The van der Waals surface area contributed by atoms with Gasteiger partial charge in [0.25, 0.3) is 0 Å². The Labute approximate surface area is 155 Å². The van der Waals surface area contributed by atoms with Gasteiger partial charge in [-0.2, -0.15) is 0 Å². The van der Waals surface area contributed by atoms with E-state index in [9.17, 15) is 9.59 Å². The minimum atomic E-state index is -0.111. The van der Waals surface area contributed by atoms with Gasteiger partial charge in [0.2, 0.25) is 0 Å². The van der Waals surface area contributed by atoms with Gasteiger partial charge in [-0.05, 0) is 47.2 Å². The topological polar surface area (TPSA) is 34.1 Å². The second-order valence-electron chi connectivity index (χ2n) is 6.74. The van der Waals surface area contributed by atoms with Gasteiger partial charge < -0.3 is 0 Å². The van der Waals surface area contributed by atoms with Crippen LogP contribution in [0.25, 0.3) is 11.1 Å². The van der Waals surface area contributed by atoms with Crippen LogP contribution in [0.1, 0.15) is 48.9 Å². The first-order valence-corrected chi connectivity index (χ1v) is 9.33. The number of aryl methyl sites for hydroxylation is 2. The molecule has 0 bridgehead atoms. The summed E-state index contributed by atoms with van der Waals surface area (Å²) in [5, 5.41) is 0. The molecule has 0 radical (unpaired) electrons. The quantitative estimate of drug-likeness (QED) is 0.674. The first-order chi connectivity index (χ1) is 12.6. The molecule has 0 fully saturated rings. The zero-order chi connectivity index (χ0) is 18.5. The molecular weight excluding hydrogens is 320 g/mol. The second kappa shape index (κ2) is 8.09. The molecule has 1 aliphatic rings. The van der Waals surface area contributed by atoms with Gasteiger partial charge in [-0.15, -0.1) is 0 Å². The molecule has 0 saturated heterocycles. The average Bonchev–Trinajstić information content (AvgIpc) is 2.65. The van der Waals surface area contributed by atoms with Crippen molar-refractivity contribution in [2.24, 2.45) is 0 Å². The number of benzene rings is 2. The van der Waals surface area contributed by atoms with Crippen molar-refractivity contribution in [3.63, 3.8) is 0 Å². The van der Waals surface area contributed by atoms with Crippen molar-refractivity contribution in [1.29, 1.82) is 0 Å². The molecule has 0 unspecified atom stereocenters. The fraction of sp³-hybridized carbons (Fsp3) is 0.250. The van der Waals surface area contributed by atoms with Gasteiger partial charge in [0, 0.05) is 11.1 Å². The minimum Gasteiger partial charge on any atom is -0.289 e. The molecule has 2 nitrogen and oxygen atoms in total. The van der Waals surface area contributed by atoms with Crippen molar-refractivity contribution in [2.45, 2.75) is 39.5 Å². The third-order valence-electron chi connectivity index (χ3n) is 4.69. The largest absolute Gasteiger partial charge is 0.289 e. The summed E-state index contributed by atoms with van der Waals surface area (Å²) in [5.74, 6) is -0.221. The Morgan fingerprint density at radius 2 is 0.923 bits per heavy atom. The van der Waals surface area contributed by atoms with Crippen LogP contribution in [-0.4, -0.2) is 11.6 Å². The first-order valence-electron chi connectivity index (χ1n) is 9.33. The summed E-state index contributed by atoms with van der Waals surface area (Å²) in [6.45, 7) is 4.28. The molecule has 0 spiro atoms.